The van der Waals surface area contributed by atoms with E-state index in [2.05, 4.69) is 52.7 Å². The number of aryl methyl sites for hydroxylation is 2. The second-order valence-corrected chi connectivity index (χ2v) is 8.63. The minimum atomic E-state index is 0.684. The minimum absolute atomic E-state index is 0.684. The van der Waals surface area contributed by atoms with Crippen LogP contribution in [-0.4, -0.2) is 15.0 Å². The molecule has 2 aromatic heterocycles. The summed E-state index contributed by atoms with van der Waals surface area (Å²) in [6, 6.07) is 12.3. The Morgan fingerprint density at radius 2 is 1.89 bits per heavy atom. The summed E-state index contributed by atoms with van der Waals surface area (Å²) in [5.41, 5.74) is 4.49. The van der Waals surface area contributed by atoms with Crippen molar-refractivity contribution in [3.8, 4) is 11.3 Å². The molecule has 140 valence electrons. The zero-order valence-electron chi connectivity index (χ0n) is 15.3. The third-order valence-corrected chi connectivity index (χ3v) is 6.40. The summed E-state index contributed by atoms with van der Waals surface area (Å²) in [4.78, 5) is 15.4. The zero-order chi connectivity index (χ0) is 19.5. The van der Waals surface area contributed by atoms with Gasteiger partial charge in [-0.1, -0.05) is 29.4 Å². The molecule has 4 nitrogen and oxygen atoms in total. The molecule has 0 fully saturated rings. The maximum absolute atomic E-state index is 6.12. The van der Waals surface area contributed by atoms with Crippen molar-refractivity contribution in [2.45, 2.75) is 23.6 Å². The van der Waals surface area contributed by atoms with E-state index >= 15 is 0 Å². The SMILES string of the molecule is Cc1cc(-c2csc(Nc3cnccn3)n2)cc(C)c1Sc1cccc(Cl)c1. The fraction of sp³-hybridized carbons (Fsp3) is 0.0952. The van der Waals surface area contributed by atoms with E-state index < -0.39 is 0 Å². The molecule has 28 heavy (non-hydrogen) atoms. The Balaban J connectivity index is 1.58. The second kappa shape index (κ2) is 8.31. The predicted molar refractivity (Wildman–Crippen MR) is 118 cm³/mol. The molecular weight excluding hydrogens is 408 g/mol. The van der Waals surface area contributed by atoms with E-state index in [1.54, 1.807) is 41.7 Å². The highest BCUT2D eigenvalue weighted by Crippen LogP contribution is 2.37. The van der Waals surface area contributed by atoms with E-state index in [9.17, 15) is 0 Å². The van der Waals surface area contributed by atoms with Gasteiger partial charge in [0.15, 0.2) is 10.9 Å². The molecule has 0 aliphatic carbocycles. The van der Waals surface area contributed by atoms with Crippen LogP contribution in [0.2, 0.25) is 5.02 Å². The Kier molecular flexibility index (Phi) is 5.62. The molecule has 0 saturated heterocycles. The van der Waals surface area contributed by atoms with Crippen LogP contribution in [0.5, 0.6) is 0 Å². The Bertz CT molecular complexity index is 1090. The summed E-state index contributed by atoms with van der Waals surface area (Å²) < 4.78 is 0. The van der Waals surface area contributed by atoms with Crippen molar-refractivity contribution in [1.82, 2.24) is 15.0 Å². The van der Waals surface area contributed by atoms with E-state index in [0.717, 1.165) is 26.3 Å². The first-order chi connectivity index (χ1) is 13.6. The van der Waals surface area contributed by atoms with E-state index in [1.807, 2.05) is 18.2 Å². The maximum atomic E-state index is 6.12. The van der Waals surface area contributed by atoms with Gasteiger partial charge in [-0.15, -0.1) is 11.3 Å². The zero-order valence-corrected chi connectivity index (χ0v) is 17.7. The number of nitrogens with zero attached hydrogens (tertiary/aromatic N) is 3. The first kappa shape index (κ1) is 18.9. The molecule has 2 heterocycles. The van der Waals surface area contributed by atoms with Crippen LogP contribution in [0, 0.1) is 13.8 Å². The number of aromatic nitrogens is 3. The number of rotatable bonds is 5. The molecule has 1 N–H and O–H groups in total. The van der Waals surface area contributed by atoms with Crippen LogP contribution in [0.25, 0.3) is 11.3 Å². The smallest absolute Gasteiger partial charge is 0.188 e. The Morgan fingerprint density at radius 1 is 1.07 bits per heavy atom. The molecule has 2 aromatic carbocycles. The van der Waals surface area contributed by atoms with Gasteiger partial charge in [0.1, 0.15) is 0 Å². The van der Waals surface area contributed by atoms with Crippen LogP contribution < -0.4 is 5.32 Å². The van der Waals surface area contributed by atoms with Gasteiger partial charge in [-0.2, -0.15) is 0 Å². The van der Waals surface area contributed by atoms with E-state index in [1.165, 1.54) is 16.0 Å². The lowest BCUT2D eigenvalue weighted by atomic mass is 10.1. The van der Waals surface area contributed by atoms with Crippen molar-refractivity contribution in [1.29, 1.82) is 0 Å². The van der Waals surface area contributed by atoms with Gasteiger partial charge in [0.05, 0.1) is 11.9 Å². The summed E-state index contributed by atoms with van der Waals surface area (Å²) >= 11 is 9.41. The molecule has 0 spiro atoms. The highest BCUT2D eigenvalue weighted by Gasteiger charge is 2.11. The quantitative estimate of drug-likeness (QED) is 0.383. The van der Waals surface area contributed by atoms with Crippen LogP contribution in [0.4, 0.5) is 10.9 Å². The highest BCUT2D eigenvalue weighted by molar-refractivity contribution is 7.99. The van der Waals surface area contributed by atoms with Crippen molar-refractivity contribution in [2.24, 2.45) is 0 Å². The standard InChI is InChI=1S/C21H17ClN4S2/c1-13-8-15(9-14(2)20(13)28-17-5-3-4-16(22)10-17)18-12-27-21(25-18)26-19-11-23-6-7-24-19/h3-12H,1-2H3,(H,24,25,26). The fourth-order valence-electron chi connectivity index (χ4n) is 2.84. The van der Waals surface area contributed by atoms with Gasteiger partial charge in [0.25, 0.3) is 0 Å². The highest BCUT2D eigenvalue weighted by atomic mass is 35.5. The molecule has 4 aromatic rings. The van der Waals surface area contributed by atoms with Crippen LogP contribution in [0.15, 0.2) is 70.2 Å². The Morgan fingerprint density at radius 3 is 2.61 bits per heavy atom. The van der Waals surface area contributed by atoms with Gasteiger partial charge in [-0.05, 0) is 55.3 Å². The lowest BCUT2D eigenvalue weighted by Gasteiger charge is -2.12. The third kappa shape index (κ3) is 4.35. The third-order valence-electron chi connectivity index (χ3n) is 4.07. The van der Waals surface area contributed by atoms with Crippen LogP contribution in [-0.2, 0) is 0 Å². The summed E-state index contributed by atoms with van der Waals surface area (Å²) in [6.07, 6.45) is 4.98. The number of hydrogen-bond donors (Lipinski definition) is 1. The molecule has 7 heteroatoms. The number of hydrogen-bond acceptors (Lipinski definition) is 6. The van der Waals surface area contributed by atoms with Gasteiger partial charge in [-0.25, -0.2) is 9.97 Å². The van der Waals surface area contributed by atoms with Crippen LogP contribution >= 0.6 is 34.7 Å². The van der Waals surface area contributed by atoms with Crippen molar-refractivity contribution in [3.63, 3.8) is 0 Å². The molecular formula is C21H17ClN4S2. The van der Waals surface area contributed by atoms with Gasteiger partial charge >= 0.3 is 0 Å². The molecule has 0 saturated carbocycles. The average Bonchev–Trinajstić information content (AvgIpc) is 3.14. The summed E-state index contributed by atoms with van der Waals surface area (Å²) in [5, 5.41) is 6.79. The van der Waals surface area contributed by atoms with Crippen molar-refractivity contribution < 1.29 is 0 Å². The van der Waals surface area contributed by atoms with E-state index in [4.69, 9.17) is 16.6 Å². The Labute approximate surface area is 177 Å². The number of halogens is 1. The average molecular weight is 425 g/mol. The lowest BCUT2D eigenvalue weighted by Crippen LogP contribution is -1.93. The largest absolute Gasteiger partial charge is 0.315 e. The normalized spacial score (nSPS) is 10.8. The van der Waals surface area contributed by atoms with E-state index in [-0.39, 0.29) is 0 Å². The van der Waals surface area contributed by atoms with Crippen LogP contribution in [0.1, 0.15) is 11.1 Å². The van der Waals surface area contributed by atoms with Gasteiger partial charge < -0.3 is 5.32 Å². The first-order valence-corrected chi connectivity index (χ1v) is 10.7. The summed E-state index contributed by atoms with van der Waals surface area (Å²) in [5.74, 6) is 0.684. The Hall–Kier alpha value is -2.41. The van der Waals surface area contributed by atoms with E-state index in [0.29, 0.717) is 5.82 Å². The predicted octanol–water partition coefficient (Wildman–Crippen LogP) is 6.77. The number of nitrogens with one attached hydrogen (secondary N) is 1. The maximum Gasteiger partial charge on any atom is 0.188 e. The van der Waals surface area contributed by atoms with Crippen molar-refractivity contribution in [3.05, 3.63) is 76.5 Å². The van der Waals surface area contributed by atoms with Gasteiger partial charge in [-0.3, -0.25) is 4.98 Å². The summed E-state index contributed by atoms with van der Waals surface area (Å²) in [6.45, 7) is 4.27. The number of anilines is 2. The van der Waals surface area contributed by atoms with Crippen LogP contribution in [0.3, 0.4) is 0 Å². The first-order valence-electron chi connectivity index (χ1n) is 8.62. The minimum Gasteiger partial charge on any atom is -0.315 e. The lowest BCUT2D eigenvalue weighted by molar-refractivity contribution is 1.19. The molecule has 0 atom stereocenters. The monoisotopic (exact) mass is 424 g/mol. The molecule has 4 rings (SSSR count). The molecule has 0 bridgehead atoms. The second-order valence-electron chi connectivity index (χ2n) is 6.25. The molecule has 0 aliphatic rings. The van der Waals surface area contributed by atoms with Gasteiger partial charge in [0, 0.05) is 38.2 Å². The molecule has 0 unspecified atom stereocenters. The number of thiazole rings is 1. The van der Waals surface area contributed by atoms with Gasteiger partial charge in [0.2, 0.25) is 0 Å². The number of benzene rings is 2. The molecule has 0 amide bonds. The fourth-order valence-corrected chi connectivity index (χ4v) is 4.83. The molecule has 0 radical (unpaired) electrons. The van der Waals surface area contributed by atoms with Crippen molar-refractivity contribution in [2.75, 3.05) is 5.32 Å². The molecule has 0 aliphatic heterocycles. The summed E-state index contributed by atoms with van der Waals surface area (Å²) in [7, 11) is 0. The topological polar surface area (TPSA) is 50.7 Å². The van der Waals surface area contributed by atoms with Crippen molar-refractivity contribution >= 4 is 45.6 Å².